The summed E-state index contributed by atoms with van der Waals surface area (Å²) in [5, 5.41) is 3.35. The number of nitrogens with one attached hydrogen (secondary N) is 1. The Kier molecular flexibility index (Phi) is 4.96. The fraction of sp³-hybridized carbons (Fsp3) is 0.538. The van der Waals surface area contributed by atoms with Crippen molar-refractivity contribution in [2.75, 3.05) is 13.2 Å². The highest BCUT2D eigenvalue weighted by molar-refractivity contribution is 6.30. The van der Waals surface area contributed by atoms with E-state index in [0.29, 0.717) is 17.3 Å². The Morgan fingerprint density at radius 2 is 2.44 bits per heavy atom. The molecule has 4 nitrogen and oxygen atoms in total. The van der Waals surface area contributed by atoms with E-state index in [4.69, 9.17) is 16.3 Å². The summed E-state index contributed by atoms with van der Waals surface area (Å²) in [6.45, 7) is 1.45. The zero-order valence-corrected chi connectivity index (χ0v) is 10.9. The maximum Gasteiger partial charge on any atom is 0.269 e. The number of amides is 1. The number of nitrogens with zero attached hydrogens (tertiary/aromatic N) is 1. The van der Waals surface area contributed by atoms with Gasteiger partial charge in [0.15, 0.2) is 0 Å². The van der Waals surface area contributed by atoms with Crippen LogP contribution in [0.3, 0.4) is 0 Å². The molecular weight excluding hydrogens is 252 g/mol. The van der Waals surface area contributed by atoms with E-state index in [1.807, 2.05) is 0 Å². The van der Waals surface area contributed by atoms with Crippen molar-refractivity contribution in [2.45, 2.75) is 31.8 Å². The van der Waals surface area contributed by atoms with E-state index in [-0.39, 0.29) is 12.0 Å². The molecule has 1 N–H and O–H groups in total. The van der Waals surface area contributed by atoms with Crippen molar-refractivity contribution in [1.29, 1.82) is 0 Å². The lowest BCUT2D eigenvalue weighted by Gasteiger charge is -2.22. The number of halogens is 1. The quantitative estimate of drug-likeness (QED) is 0.912. The van der Waals surface area contributed by atoms with Crippen molar-refractivity contribution in [3.05, 3.63) is 29.0 Å². The molecule has 1 unspecified atom stereocenters. The standard InChI is InChI=1S/C13H17ClN2O2/c14-10-4-6-15-12(9-10)13(17)16-7-5-11-3-1-2-8-18-11/h4,6,9,11H,1-3,5,7-8H2,(H,16,17). The lowest BCUT2D eigenvalue weighted by molar-refractivity contribution is 0.0117. The van der Waals surface area contributed by atoms with Crippen LogP contribution in [0.2, 0.25) is 5.02 Å². The van der Waals surface area contributed by atoms with Crippen LogP contribution in [0, 0.1) is 0 Å². The molecule has 2 heterocycles. The first-order chi connectivity index (χ1) is 8.75. The SMILES string of the molecule is O=C(NCCC1CCCCO1)c1cc(Cl)ccn1. The molecule has 18 heavy (non-hydrogen) atoms. The zero-order chi connectivity index (χ0) is 12.8. The summed E-state index contributed by atoms with van der Waals surface area (Å²) < 4.78 is 5.60. The number of ether oxygens (including phenoxy) is 1. The summed E-state index contributed by atoms with van der Waals surface area (Å²) in [7, 11) is 0. The largest absolute Gasteiger partial charge is 0.378 e. The lowest BCUT2D eigenvalue weighted by Crippen LogP contribution is -2.29. The molecular formula is C13H17ClN2O2. The second kappa shape index (κ2) is 6.71. The van der Waals surface area contributed by atoms with E-state index >= 15 is 0 Å². The van der Waals surface area contributed by atoms with Crippen LogP contribution in [0.1, 0.15) is 36.2 Å². The summed E-state index contributed by atoms with van der Waals surface area (Å²) in [6, 6.07) is 3.21. The van der Waals surface area contributed by atoms with Gasteiger partial charge in [0, 0.05) is 24.4 Å². The van der Waals surface area contributed by atoms with Gasteiger partial charge in [-0.1, -0.05) is 11.6 Å². The first-order valence-corrected chi connectivity index (χ1v) is 6.65. The van der Waals surface area contributed by atoms with E-state index in [1.165, 1.54) is 12.6 Å². The minimum Gasteiger partial charge on any atom is -0.378 e. The maximum absolute atomic E-state index is 11.8. The molecule has 0 spiro atoms. The fourth-order valence-corrected chi connectivity index (χ4v) is 2.16. The molecule has 1 aromatic heterocycles. The molecule has 1 amide bonds. The van der Waals surface area contributed by atoms with Crippen molar-refractivity contribution < 1.29 is 9.53 Å². The van der Waals surface area contributed by atoms with Gasteiger partial charge in [-0.3, -0.25) is 9.78 Å². The summed E-state index contributed by atoms with van der Waals surface area (Å²) >= 11 is 5.80. The second-order valence-corrected chi connectivity index (χ2v) is 4.83. The monoisotopic (exact) mass is 268 g/mol. The Balaban J connectivity index is 1.74. The van der Waals surface area contributed by atoms with Gasteiger partial charge in [0.05, 0.1) is 6.10 Å². The third kappa shape index (κ3) is 3.96. The number of pyridine rings is 1. The molecule has 0 radical (unpaired) electrons. The van der Waals surface area contributed by atoms with Gasteiger partial charge in [-0.2, -0.15) is 0 Å². The van der Waals surface area contributed by atoms with Gasteiger partial charge in [0.25, 0.3) is 5.91 Å². The third-order valence-electron chi connectivity index (χ3n) is 2.98. The zero-order valence-electron chi connectivity index (χ0n) is 10.2. The highest BCUT2D eigenvalue weighted by Gasteiger charge is 2.14. The van der Waals surface area contributed by atoms with E-state index in [1.54, 1.807) is 12.1 Å². The van der Waals surface area contributed by atoms with Crippen molar-refractivity contribution in [3.63, 3.8) is 0 Å². The van der Waals surface area contributed by atoms with Crippen LogP contribution in [0.5, 0.6) is 0 Å². The van der Waals surface area contributed by atoms with Gasteiger partial charge < -0.3 is 10.1 Å². The van der Waals surface area contributed by atoms with Crippen LogP contribution in [-0.4, -0.2) is 30.1 Å². The van der Waals surface area contributed by atoms with E-state index < -0.39 is 0 Å². The van der Waals surface area contributed by atoms with Crippen LogP contribution >= 0.6 is 11.6 Å². The average molecular weight is 269 g/mol. The molecule has 2 rings (SSSR count). The summed E-state index contributed by atoms with van der Waals surface area (Å²) in [4.78, 5) is 15.7. The normalized spacial score (nSPS) is 19.5. The van der Waals surface area contributed by atoms with Crippen molar-refractivity contribution >= 4 is 17.5 Å². The lowest BCUT2D eigenvalue weighted by atomic mass is 10.1. The van der Waals surface area contributed by atoms with Crippen LogP contribution in [-0.2, 0) is 4.74 Å². The molecule has 0 aromatic carbocycles. The number of rotatable bonds is 4. The molecule has 1 atom stereocenters. The number of carbonyl (C=O) groups is 1. The van der Waals surface area contributed by atoms with Crippen LogP contribution < -0.4 is 5.32 Å². The topological polar surface area (TPSA) is 51.2 Å². The van der Waals surface area contributed by atoms with Gasteiger partial charge in [-0.25, -0.2) is 0 Å². The van der Waals surface area contributed by atoms with Gasteiger partial charge in [0.2, 0.25) is 0 Å². The highest BCUT2D eigenvalue weighted by atomic mass is 35.5. The summed E-state index contributed by atoms with van der Waals surface area (Å²) in [5.74, 6) is -0.187. The minimum absolute atomic E-state index is 0.187. The Hall–Kier alpha value is -1.13. The summed E-state index contributed by atoms with van der Waals surface area (Å²) in [6.07, 6.45) is 6.12. The minimum atomic E-state index is -0.187. The third-order valence-corrected chi connectivity index (χ3v) is 3.22. The fourth-order valence-electron chi connectivity index (χ4n) is 2.00. The molecule has 1 aromatic rings. The first-order valence-electron chi connectivity index (χ1n) is 6.27. The molecule has 1 saturated heterocycles. The molecule has 0 bridgehead atoms. The second-order valence-electron chi connectivity index (χ2n) is 4.39. The van der Waals surface area contributed by atoms with E-state index in [9.17, 15) is 4.79 Å². The Labute approximate surface area is 112 Å². The highest BCUT2D eigenvalue weighted by Crippen LogP contribution is 2.15. The van der Waals surface area contributed by atoms with Gasteiger partial charge in [-0.15, -0.1) is 0 Å². The average Bonchev–Trinajstić information content (AvgIpc) is 2.40. The smallest absolute Gasteiger partial charge is 0.269 e. The molecule has 5 heteroatoms. The number of carbonyl (C=O) groups excluding carboxylic acids is 1. The van der Waals surface area contributed by atoms with Gasteiger partial charge >= 0.3 is 0 Å². The van der Waals surface area contributed by atoms with Gasteiger partial charge in [0.1, 0.15) is 5.69 Å². The molecule has 1 aliphatic rings. The number of hydrogen-bond acceptors (Lipinski definition) is 3. The Bertz CT molecular complexity index is 406. The molecule has 98 valence electrons. The Morgan fingerprint density at radius 3 is 3.17 bits per heavy atom. The van der Waals surface area contributed by atoms with Crippen LogP contribution in [0.25, 0.3) is 0 Å². The van der Waals surface area contributed by atoms with Crippen molar-refractivity contribution in [1.82, 2.24) is 10.3 Å². The predicted molar refractivity (Wildman–Crippen MR) is 69.8 cm³/mol. The molecule has 0 saturated carbocycles. The van der Waals surface area contributed by atoms with E-state index in [2.05, 4.69) is 10.3 Å². The first kappa shape index (κ1) is 13.3. The predicted octanol–water partition coefficient (Wildman–Crippen LogP) is 2.42. The van der Waals surface area contributed by atoms with Crippen molar-refractivity contribution in [2.24, 2.45) is 0 Å². The molecule has 0 aliphatic carbocycles. The van der Waals surface area contributed by atoms with Crippen LogP contribution in [0.4, 0.5) is 0 Å². The Morgan fingerprint density at radius 1 is 1.56 bits per heavy atom. The van der Waals surface area contributed by atoms with Crippen molar-refractivity contribution in [3.8, 4) is 0 Å². The van der Waals surface area contributed by atoms with Gasteiger partial charge in [-0.05, 0) is 37.8 Å². The molecule has 1 fully saturated rings. The summed E-state index contributed by atoms with van der Waals surface area (Å²) in [5.41, 5.74) is 0.354. The van der Waals surface area contributed by atoms with Crippen LogP contribution in [0.15, 0.2) is 18.3 Å². The number of aromatic nitrogens is 1. The van der Waals surface area contributed by atoms with E-state index in [0.717, 1.165) is 25.9 Å². The molecule has 1 aliphatic heterocycles. The number of hydrogen-bond donors (Lipinski definition) is 1. The maximum atomic E-state index is 11.8.